The number of alkyl halides is 1. The number of halogens is 1. The van der Waals surface area contributed by atoms with Crippen molar-refractivity contribution in [1.82, 2.24) is 4.98 Å². The Bertz CT molecular complexity index is 926. The van der Waals surface area contributed by atoms with Crippen LogP contribution in [-0.4, -0.2) is 21.2 Å². The minimum Gasteiger partial charge on any atom is -0.508 e. The number of phenolic OH excluding ortho intramolecular Hbond substituents is 1. The zero-order valence-electron chi connectivity index (χ0n) is 14.0. The van der Waals surface area contributed by atoms with Gasteiger partial charge >= 0.3 is 5.97 Å². The number of aromatic nitrogens is 1. The standard InChI is InChI=1S/C21H18FNO3.CH4/c22-12-17-10-14(3-6-20(17)16-2-1-9-23-13-16)19-7-5-18(24)11-15(19)4-8-21(25)26;/h1-3,5-7,9-11,13,24H,4,8,12H2,(H,25,26);1H4. The fourth-order valence-corrected chi connectivity index (χ4v) is 2.99. The third-order valence-corrected chi connectivity index (χ3v) is 4.23. The summed E-state index contributed by atoms with van der Waals surface area (Å²) in [5, 5.41) is 18.7. The first kappa shape index (κ1) is 20.1. The molecule has 0 spiro atoms. The molecular formula is C22H22FNO3. The van der Waals surface area contributed by atoms with E-state index in [1.807, 2.05) is 18.2 Å². The molecule has 0 atom stereocenters. The van der Waals surface area contributed by atoms with Crippen LogP contribution in [0.3, 0.4) is 0 Å². The molecule has 2 aromatic carbocycles. The largest absolute Gasteiger partial charge is 0.508 e. The van der Waals surface area contributed by atoms with Crippen LogP contribution in [0.15, 0.2) is 60.9 Å². The molecule has 3 rings (SSSR count). The summed E-state index contributed by atoms with van der Waals surface area (Å²) in [5.41, 5.74) is 4.43. The number of pyridine rings is 1. The highest BCUT2D eigenvalue weighted by atomic mass is 19.1. The summed E-state index contributed by atoms with van der Waals surface area (Å²) in [5.74, 6) is -0.831. The highest BCUT2D eigenvalue weighted by molar-refractivity contribution is 5.76. The number of hydrogen-bond donors (Lipinski definition) is 2. The number of nitrogens with zero attached hydrogens (tertiary/aromatic N) is 1. The zero-order valence-corrected chi connectivity index (χ0v) is 14.0. The van der Waals surface area contributed by atoms with Gasteiger partial charge in [0.25, 0.3) is 0 Å². The van der Waals surface area contributed by atoms with Gasteiger partial charge in [0, 0.05) is 24.4 Å². The van der Waals surface area contributed by atoms with Crippen LogP contribution in [0.5, 0.6) is 5.75 Å². The monoisotopic (exact) mass is 367 g/mol. The molecule has 27 heavy (non-hydrogen) atoms. The molecule has 0 saturated heterocycles. The molecule has 0 radical (unpaired) electrons. The van der Waals surface area contributed by atoms with E-state index in [9.17, 15) is 14.3 Å². The number of hydrogen-bond acceptors (Lipinski definition) is 3. The van der Waals surface area contributed by atoms with Gasteiger partial charge in [-0.1, -0.05) is 31.7 Å². The van der Waals surface area contributed by atoms with Crippen molar-refractivity contribution in [2.75, 3.05) is 0 Å². The van der Waals surface area contributed by atoms with Gasteiger partial charge in [-0.15, -0.1) is 0 Å². The summed E-state index contributed by atoms with van der Waals surface area (Å²) in [6.07, 6.45) is 3.60. The maximum absolute atomic E-state index is 13.6. The minimum atomic E-state index is -0.907. The summed E-state index contributed by atoms with van der Waals surface area (Å²) in [6, 6.07) is 14.0. The van der Waals surface area contributed by atoms with Gasteiger partial charge < -0.3 is 10.2 Å². The normalized spacial score (nSPS) is 10.3. The Hall–Kier alpha value is -3.21. The molecule has 140 valence electrons. The molecule has 0 saturated carbocycles. The lowest BCUT2D eigenvalue weighted by Gasteiger charge is -2.13. The van der Waals surface area contributed by atoms with E-state index in [-0.39, 0.29) is 26.0 Å². The molecule has 0 aliphatic carbocycles. The third-order valence-electron chi connectivity index (χ3n) is 4.23. The molecule has 0 aliphatic heterocycles. The van der Waals surface area contributed by atoms with Gasteiger partial charge in [-0.25, -0.2) is 4.39 Å². The lowest BCUT2D eigenvalue weighted by molar-refractivity contribution is -0.136. The smallest absolute Gasteiger partial charge is 0.303 e. The van der Waals surface area contributed by atoms with Gasteiger partial charge in [0.1, 0.15) is 12.4 Å². The predicted octanol–water partition coefficient (Wildman–Crippen LogP) is 5.24. The van der Waals surface area contributed by atoms with Crippen molar-refractivity contribution >= 4 is 5.97 Å². The Labute approximate surface area is 158 Å². The van der Waals surface area contributed by atoms with Gasteiger partial charge in [0.2, 0.25) is 0 Å². The summed E-state index contributed by atoms with van der Waals surface area (Å²) < 4.78 is 13.6. The number of phenols is 1. The molecule has 0 unspecified atom stereocenters. The van der Waals surface area contributed by atoms with Crippen molar-refractivity contribution in [2.24, 2.45) is 0 Å². The minimum absolute atomic E-state index is 0. The highest BCUT2D eigenvalue weighted by Gasteiger charge is 2.12. The number of aliphatic carboxylic acids is 1. The van der Waals surface area contributed by atoms with Crippen LogP contribution in [0.25, 0.3) is 22.3 Å². The van der Waals surface area contributed by atoms with Crippen molar-refractivity contribution in [3.63, 3.8) is 0 Å². The van der Waals surface area contributed by atoms with Crippen LogP contribution in [0.4, 0.5) is 4.39 Å². The average Bonchev–Trinajstić information content (AvgIpc) is 2.66. The first-order chi connectivity index (χ1) is 12.6. The van der Waals surface area contributed by atoms with Gasteiger partial charge in [-0.2, -0.15) is 0 Å². The first-order valence-corrected chi connectivity index (χ1v) is 8.22. The second-order valence-corrected chi connectivity index (χ2v) is 5.98. The van der Waals surface area contributed by atoms with E-state index in [0.29, 0.717) is 11.1 Å². The fourth-order valence-electron chi connectivity index (χ4n) is 2.99. The number of rotatable bonds is 6. The maximum atomic E-state index is 13.6. The number of carbonyl (C=O) groups is 1. The van der Waals surface area contributed by atoms with E-state index in [1.54, 1.807) is 42.7 Å². The third kappa shape index (κ3) is 4.70. The zero-order chi connectivity index (χ0) is 18.5. The molecule has 5 heteroatoms. The molecule has 1 heterocycles. The maximum Gasteiger partial charge on any atom is 0.303 e. The van der Waals surface area contributed by atoms with Crippen LogP contribution in [0.2, 0.25) is 0 Å². The molecule has 4 nitrogen and oxygen atoms in total. The second-order valence-electron chi connectivity index (χ2n) is 5.98. The fraction of sp³-hybridized carbons (Fsp3) is 0.182. The Morgan fingerprint density at radius 1 is 1.00 bits per heavy atom. The first-order valence-electron chi connectivity index (χ1n) is 8.22. The van der Waals surface area contributed by atoms with Gasteiger partial charge in [-0.05, 0) is 58.5 Å². The van der Waals surface area contributed by atoms with Crippen LogP contribution >= 0.6 is 0 Å². The molecule has 2 N–H and O–H groups in total. The summed E-state index contributed by atoms with van der Waals surface area (Å²) in [4.78, 5) is 15.0. The van der Waals surface area contributed by atoms with E-state index in [4.69, 9.17) is 5.11 Å². The van der Waals surface area contributed by atoms with Crippen LogP contribution < -0.4 is 0 Å². The van der Waals surface area contributed by atoms with Gasteiger partial charge in [0.15, 0.2) is 0 Å². The Balaban J connectivity index is 0.00000261. The SMILES string of the molecule is C.O=C(O)CCc1cc(O)ccc1-c1ccc(-c2cccnc2)c(CF)c1. The Morgan fingerprint density at radius 2 is 1.74 bits per heavy atom. The highest BCUT2D eigenvalue weighted by Crippen LogP contribution is 2.32. The van der Waals surface area contributed by atoms with Crippen molar-refractivity contribution in [1.29, 1.82) is 0 Å². The van der Waals surface area contributed by atoms with E-state index in [0.717, 1.165) is 22.3 Å². The molecule has 0 aliphatic rings. The number of benzene rings is 2. The molecule has 0 fully saturated rings. The van der Waals surface area contributed by atoms with E-state index in [2.05, 4.69) is 4.98 Å². The summed E-state index contributed by atoms with van der Waals surface area (Å²) >= 11 is 0. The van der Waals surface area contributed by atoms with Crippen molar-refractivity contribution in [3.8, 4) is 28.0 Å². The molecule has 1 aromatic heterocycles. The molecule has 0 amide bonds. The second kappa shape index (κ2) is 8.94. The van der Waals surface area contributed by atoms with E-state index in [1.165, 1.54) is 0 Å². The number of aromatic hydroxyl groups is 1. The van der Waals surface area contributed by atoms with Crippen LogP contribution in [-0.2, 0) is 17.9 Å². The lowest BCUT2D eigenvalue weighted by Crippen LogP contribution is -1.99. The van der Waals surface area contributed by atoms with Crippen molar-refractivity contribution in [2.45, 2.75) is 26.9 Å². The number of carboxylic acids is 1. The van der Waals surface area contributed by atoms with Crippen LogP contribution in [0.1, 0.15) is 25.0 Å². The average molecular weight is 367 g/mol. The lowest BCUT2D eigenvalue weighted by atomic mass is 9.92. The van der Waals surface area contributed by atoms with E-state index >= 15 is 0 Å². The Morgan fingerprint density at radius 3 is 2.41 bits per heavy atom. The van der Waals surface area contributed by atoms with Crippen molar-refractivity contribution < 1.29 is 19.4 Å². The summed E-state index contributed by atoms with van der Waals surface area (Å²) in [7, 11) is 0. The topological polar surface area (TPSA) is 70.4 Å². The number of aryl methyl sites for hydroxylation is 1. The summed E-state index contributed by atoms with van der Waals surface area (Å²) in [6.45, 7) is -0.624. The number of carboxylic acid groups (broad SMARTS) is 1. The molecule has 0 bridgehead atoms. The predicted molar refractivity (Wildman–Crippen MR) is 104 cm³/mol. The molecule has 3 aromatic rings. The van der Waals surface area contributed by atoms with Gasteiger partial charge in [0.05, 0.1) is 0 Å². The molecular weight excluding hydrogens is 345 g/mol. The van der Waals surface area contributed by atoms with Crippen molar-refractivity contribution in [3.05, 3.63) is 72.1 Å². The van der Waals surface area contributed by atoms with Gasteiger partial charge in [-0.3, -0.25) is 9.78 Å². The van der Waals surface area contributed by atoms with E-state index < -0.39 is 12.6 Å². The quantitative estimate of drug-likeness (QED) is 0.625. The van der Waals surface area contributed by atoms with Crippen LogP contribution in [0, 0.1) is 0 Å². The Kier molecular flexibility index (Phi) is 6.66.